The van der Waals surface area contributed by atoms with Crippen LogP contribution >= 0.6 is 34.1 Å². The van der Waals surface area contributed by atoms with Gasteiger partial charge in [-0.1, -0.05) is 12.1 Å². The molecule has 1 N–H and O–H groups in total. The molecule has 0 bridgehead atoms. The Kier molecular flexibility index (Phi) is 5.46. The predicted molar refractivity (Wildman–Crippen MR) is 110 cm³/mol. The first-order valence-electron chi connectivity index (χ1n) is 8.39. The highest BCUT2D eigenvalue weighted by atomic mass is 127. The van der Waals surface area contributed by atoms with Gasteiger partial charge in [-0.25, -0.2) is 4.39 Å². The van der Waals surface area contributed by atoms with Gasteiger partial charge in [0.05, 0.1) is 4.70 Å². The molecule has 0 spiro atoms. The highest BCUT2D eigenvalue weighted by molar-refractivity contribution is 14.1. The molecular weight excluding hydrogens is 480 g/mol. The van der Waals surface area contributed by atoms with Crippen molar-refractivity contribution in [3.05, 3.63) is 62.9 Å². The van der Waals surface area contributed by atoms with Crippen LogP contribution in [-0.2, 0) is 12.8 Å². The molecule has 138 valence electrons. The summed E-state index contributed by atoms with van der Waals surface area (Å²) >= 11 is 3.47. The Morgan fingerprint density at radius 2 is 2.07 bits per heavy atom. The molecule has 4 aromatic rings. The highest BCUT2D eigenvalue weighted by Gasteiger charge is 2.18. The number of aromatic nitrogens is 3. The molecule has 8 heteroatoms. The van der Waals surface area contributed by atoms with E-state index < -0.39 is 0 Å². The molecule has 27 heavy (non-hydrogen) atoms. The van der Waals surface area contributed by atoms with Crippen LogP contribution in [0.3, 0.4) is 0 Å². The number of rotatable bonds is 6. The zero-order valence-corrected chi connectivity index (χ0v) is 17.1. The lowest BCUT2D eigenvalue weighted by Crippen LogP contribution is -1.97. The number of aliphatic hydroxyl groups is 1. The maximum absolute atomic E-state index is 14.4. The minimum Gasteiger partial charge on any atom is -0.421 e. The number of nitrogens with zero attached hydrogens (tertiary/aromatic N) is 3. The van der Waals surface area contributed by atoms with E-state index in [0.29, 0.717) is 36.6 Å². The number of benzene rings is 2. The second-order valence-corrected chi connectivity index (χ2v) is 8.12. The molecule has 0 radical (unpaired) electrons. The molecule has 2 heterocycles. The Labute approximate surface area is 172 Å². The third-order valence-electron chi connectivity index (χ3n) is 4.26. The molecule has 0 aliphatic heterocycles. The molecular formula is C19H15FIN3O2S. The maximum Gasteiger partial charge on any atom is 0.248 e. The molecule has 0 aliphatic rings. The summed E-state index contributed by atoms with van der Waals surface area (Å²) < 4.78 is 26.3. The maximum atomic E-state index is 14.4. The first kappa shape index (κ1) is 18.5. The van der Waals surface area contributed by atoms with E-state index in [1.165, 1.54) is 17.6 Å². The lowest BCUT2D eigenvalue weighted by molar-refractivity contribution is 0.283. The van der Waals surface area contributed by atoms with Crippen molar-refractivity contribution in [1.82, 2.24) is 14.6 Å². The third-order valence-corrected chi connectivity index (χ3v) is 5.80. The van der Waals surface area contributed by atoms with Gasteiger partial charge < -0.3 is 9.52 Å². The average molecular weight is 495 g/mol. The summed E-state index contributed by atoms with van der Waals surface area (Å²) in [6, 6.07) is 9.11. The van der Waals surface area contributed by atoms with E-state index in [0.717, 1.165) is 24.8 Å². The van der Waals surface area contributed by atoms with Crippen molar-refractivity contribution in [3.8, 4) is 11.5 Å². The van der Waals surface area contributed by atoms with E-state index in [1.807, 2.05) is 18.2 Å². The van der Waals surface area contributed by atoms with Gasteiger partial charge >= 0.3 is 0 Å². The van der Waals surface area contributed by atoms with Crippen LogP contribution in [0.1, 0.15) is 23.4 Å². The lowest BCUT2D eigenvalue weighted by atomic mass is 9.98. The Bertz CT molecular complexity index is 1100. The first-order chi connectivity index (χ1) is 13.2. The minimum absolute atomic E-state index is 0.0713. The largest absolute Gasteiger partial charge is 0.421 e. The molecule has 0 saturated carbocycles. The standard InChI is InChI=1S/C19H15FIN3O2S/c20-16-9-13(21)5-3-11(16)8-15-14(6-4-12-10-22-27-18(12)15)19-24-23-17(26-19)2-1-7-25/h3-6,9-10,25H,1-2,7-8H2. The van der Waals surface area contributed by atoms with E-state index in [9.17, 15) is 4.39 Å². The van der Waals surface area contributed by atoms with Gasteiger partial charge in [0.15, 0.2) is 0 Å². The fraction of sp³-hybridized carbons (Fsp3) is 0.211. The highest BCUT2D eigenvalue weighted by Crippen LogP contribution is 2.34. The van der Waals surface area contributed by atoms with Crippen LogP contribution in [0.2, 0.25) is 0 Å². The summed E-state index contributed by atoms with van der Waals surface area (Å²) in [7, 11) is 0. The summed E-state index contributed by atoms with van der Waals surface area (Å²) in [6.45, 7) is 0.0713. The minimum atomic E-state index is -0.233. The van der Waals surface area contributed by atoms with E-state index in [1.54, 1.807) is 12.3 Å². The van der Waals surface area contributed by atoms with Crippen molar-refractivity contribution < 1.29 is 13.9 Å². The molecule has 4 rings (SSSR count). The van der Waals surface area contributed by atoms with E-state index in [2.05, 4.69) is 37.2 Å². The first-order valence-corrected chi connectivity index (χ1v) is 10.2. The number of aryl methyl sites for hydroxylation is 1. The molecule has 5 nitrogen and oxygen atoms in total. The normalized spacial score (nSPS) is 11.4. The SMILES string of the molecule is OCCCc1nnc(-c2ccc3cnsc3c2Cc2ccc(I)cc2F)o1. The van der Waals surface area contributed by atoms with Crippen molar-refractivity contribution in [1.29, 1.82) is 0 Å². The predicted octanol–water partition coefficient (Wildman–Crippen LogP) is 4.61. The van der Waals surface area contributed by atoms with Crippen LogP contribution in [0, 0.1) is 9.39 Å². The fourth-order valence-electron chi connectivity index (χ4n) is 2.92. The lowest BCUT2D eigenvalue weighted by Gasteiger charge is -2.09. The van der Waals surface area contributed by atoms with Crippen molar-refractivity contribution in [2.45, 2.75) is 19.3 Å². The fourth-order valence-corrected chi connectivity index (χ4v) is 4.16. The van der Waals surface area contributed by atoms with Crippen LogP contribution in [0.25, 0.3) is 21.5 Å². The number of halogens is 2. The molecule has 2 aromatic carbocycles. The van der Waals surface area contributed by atoms with Gasteiger partial charge in [-0.15, -0.1) is 10.2 Å². The quantitative estimate of drug-likeness (QED) is 0.396. The number of hydrogen-bond donors (Lipinski definition) is 1. The molecule has 0 aliphatic carbocycles. The number of hydrogen-bond acceptors (Lipinski definition) is 6. The average Bonchev–Trinajstić information content (AvgIpc) is 3.31. The Balaban J connectivity index is 1.79. The van der Waals surface area contributed by atoms with Gasteiger partial charge in [-0.05, 0) is 69.9 Å². The zero-order chi connectivity index (χ0) is 18.8. The zero-order valence-electron chi connectivity index (χ0n) is 14.2. The third kappa shape index (κ3) is 3.87. The molecule has 0 atom stereocenters. The topological polar surface area (TPSA) is 72.0 Å². The molecule has 0 fully saturated rings. The van der Waals surface area contributed by atoms with Crippen molar-refractivity contribution in [3.63, 3.8) is 0 Å². The van der Waals surface area contributed by atoms with Crippen LogP contribution in [0.4, 0.5) is 4.39 Å². The summed E-state index contributed by atoms with van der Waals surface area (Å²) in [4.78, 5) is 0. The second kappa shape index (κ2) is 7.99. The number of fused-ring (bicyclic) bond motifs is 1. The van der Waals surface area contributed by atoms with Gasteiger partial charge in [-0.3, -0.25) is 0 Å². The van der Waals surface area contributed by atoms with E-state index >= 15 is 0 Å². The van der Waals surface area contributed by atoms with Crippen molar-refractivity contribution in [2.24, 2.45) is 0 Å². The van der Waals surface area contributed by atoms with Gasteiger partial charge in [-0.2, -0.15) is 4.37 Å². The smallest absolute Gasteiger partial charge is 0.248 e. The summed E-state index contributed by atoms with van der Waals surface area (Å²) in [6.07, 6.45) is 3.30. The van der Waals surface area contributed by atoms with Gasteiger partial charge in [0.2, 0.25) is 11.8 Å². The molecule has 2 aromatic heterocycles. The molecule has 0 saturated heterocycles. The van der Waals surface area contributed by atoms with E-state index in [4.69, 9.17) is 9.52 Å². The second-order valence-electron chi connectivity index (χ2n) is 6.08. The van der Waals surface area contributed by atoms with Crippen LogP contribution < -0.4 is 0 Å². The molecule has 0 amide bonds. The van der Waals surface area contributed by atoms with Crippen LogP contribution in [0.5, 0.6) is 0 Å². The Morgan fingerprint density at radius 1 is 1.19 bits per heavy atom. The monoisotopic (exact) mass is 495 g/mol. The van der Waals surface area contributed by atoms with Crippen molar-refractivity contribution in [2.75, 3.05) is 6.61 Å². The van der Waals surface area contributed by atoms with Gasteiger partial charge in [0.1, 0.15) is 5.82 Å². The summed E-state index contributed by atoms with van der Waals surface area (Å²) in [5, 5.41) is 18.2. The summed E-state index contributed by atoms with van der Waals surface area (Å²) in [5.41, 5.74) is 2.32. The van der Waals surface area contributed by atoms with Gasteiger partial charge in [0.25, 0.3) is 0 Å². The molecule has 0 unspecified atom stereocenters. The van der Waals surface area contributed by atoms with Crippen LogP contribution in [-0.4, -0.2) is 26.3 Å². The van der Waals surface area contributed by atoms with Crippen molar-refractivity contribution >= 4 is 44.2 Å². The summed E-state index contributed by atoms with van der Waals surface area (Å²) in [5.74, 6) is 0.650. The Morgan fingerprint density at radius 3 is 2.89 bits per heavy atom. The Hall–Kier alpha value is -1.91. The van der Waals surface area contributed by atoms with Crippen LogP contribution in [0.15, 0.2) is 40.9 Å². The number of aliphatic hydroxyl groups excluding tert-OH is 1. The van der Waals surface area contributed by atoms with Gasteiger partial charge in [0, 0.05) is 40.2 Å². The van der Waals surface area contributed by atoms with E-state index in [-0.39, 0.29) is 12.4 Å².